The Morgan fingerprint density at radius 1 is 1.25 bits per heavy atom. The van der Waals surface area contributed by atoms with E-state index >= 15 is 0 Å². The molecule has 2 aromatic rings. The number of para-hydroxylation sites is 1. The Morgan fingerprint density at radius 2 is 2.00 bits per heavy atom. The Balaban J connectivity index is 2.57. The van der Waals surface area contributed by atoms with E-state index in [-0.39, 0.29) is 0 Å². The second-order valence-corrected chi connectivity index (χ2v) is 5.00. The minimum Gasteiger partial charge on any atom is -0.361 e. The van der Waals surface area contributed by atoms with Gasteiger partial charge in [0.2, 0.25) is 0 Å². The van der Waals surface area contributed by atoms with Crippen molar-refractivity contribution < 1.29 is 0 Å². The molecule has 0 bridgehead atoms. The van der Waals surface area contributed by atoms with E-state index < -0.39 is 0 Å². The maximum atomic E-state index is 3.43. The fourth-order valence-electron chi connectivity index (χ4n) is 2.68. The standard InChI is InChI=1S/C15H21N/c1-5-12(10(2)3)14-9-16-15-11(4)7-6-8-13(14)15/h6-10,12,16H,5H2,1-4H3. The minimum absolute atomic E-state index is 0.663. The van der Waals surface area contributed by atoms with Crippen LogP contribution in [0.25, 0.3) is 10.9 Å². The van der Waals surface area contributed by atoms with Crippen molar-refractivity contribution in [2.75, 3.05) is 0 Å². The summed E-state index contributed by atoms with van der Waals surface area (Å²) in [6.07, 6.45) is 3.41. The molecule has 0 amide bonds. The number of rotatable bonds is 3. The monoisotopic (exact) mass is 215 g/mol. The van der Waals surface area contributed by atoms with Crippen molar-refractivity contribution in [1.29, 1.82) is 0 Å². The number of aromatic nitrogens is 1. The number of hydrogen-bond acceptors (Lipinski definition) is 0. The van der Waals surface area contributed by atoms with Gasteiger partial charge in [-0.2, -0.15) is 0 Å². The van der Waals surface area contributed by atoms with Crippen molar-refractivity contribution in [2.24, 2.45) is 5.92 Å². The van der Waals surface area contributed by atoms with Gasteiger partial charge >= 0.3 is 0 Å². The number of aromatic amines is 1. The molecule has 0 spiro atoms. The Morgan fingerprint density at radius 3 is 2.62 bits per heavy atom. The zero-order valence-corrected chi connectivity index (χ0v) is 10.7. The summed E-state index contributed by atoms with van der Waals surface area (Å²) in [6.45, 7) is 9.06. The highest BCUT2D eigenvalue weighted by Crippen LogP contribution is 2.33. The highest BCUT2D eigenvalue weighted by Gasteiger charge is 2.17. The van der Waals surface area contributed by atoms with Gasteiger partial charge in [-0.15, -0.1) is 0 Å². The van der Waals surface area contributed by atoms with Crippen molar-refractivity contribution in [3.8, 4) is 0 Å². The number of benzene rings is 1. The number of nitrogens with one attached hydrogen (secondary N) is 1. The smallest absolute Gasteiger partial charge is 0.0486 e. The van der Waals surface area contributed by atoms with Gasteiger partial charge in [0.1, 0.15) is 0 Å². The summed E-state index contributed by atoms with van der Waals surface area (Å²) in [5, 5.41) is 1.40. The van der Waals surface area contributed by atoms with Crippen molar-refractivity contribution >= 4 is 10.9 Å². The number of hydrogen-bond donors (Lipinski definition) is 1. The van der Waals surface area contributed by atoms with E-state index in [1.54, 1.807) is 0 Å². The molecule has 0 fully saturated rings. The summed E-state index contributed by atoms with van der Waals surface area (Å²) in [6, 6.07) is 6.56. The lowest BCUT2D eigenvalue weighted by atomic mass is 9.86. The van der Waals surface area contributed by atoms with Crippen LogP contribution in [-0.4, -0.2) is 4.98 Å². The molecule has 16 heavy (non-hydrogen) atoms. The number of fused-ring (bicyclic) bond motifs is 1. The van der Waals surface area contributed by atoms with Gasteiger partial charge in [-0.3, -0.25) is 0 Å². The van der Waals surface area contributed by atoms with Crippen LogP contribution in [0.5, 0.6) is 0 Å². The predicted octanol–water partition coefficient (Wildman–Crippen LogP) is 4.63. The van der Waals surface area contributed by atoms with Gasteiger partial charge in [0.25, 0.3) is 0 Å². The lowest BCUT2D eigenvalue weighted by Crippen LogP contribution is -2.04. The molecule has 1 aromatic heterocycles. The Bertz CT molecular complexity index is 479. The summed E-state index contributed by atoms with van der Waals surface area (Å²) < 4.78 is 0. The molecule has 0 aliphatic heterocycles. The van der Waals surface area contributed by atoms with Gasteiger partial charge in [-0.25, -0.2) is 0 Å². The van der Waals surface area contributed by atoms with Crippen LogP contribution in [0.2, 0.25) is 0 Å². The van der Waals surface area contributed by atoms with E-state index in [9.17, 15) is 0 Å². The van der Waals surface area contributed by atoms with E-state index in [0.29, 0.717) is 11.8 Å². The average molecular weight is 215 g/mol. The van der Waals surface area contributed by atoms with Crippen LogP contribution in [0.1, 0.15) is 44.2 Å². The van der Waals surface area contributed by atoms with E-state index in [2.05, 4.69) is 57.1 Å². The quantitative estimate of drug-likeness (QED) is 0.768. The molecule has 1 nitrogen and oxygen atoms in total. The van der Waals surface area contributed by atoms with Crippen LogP contribution in [0.4, 0.5) is 0 Å². The van der Waals surface area contributed by atoms with Crippen LogP contribution in [0, 0.1) is 12.8 Å². The van der Waals surface area contributed by atoms with Crippen molar-refractivity contribution in [2.45, 2.75) is 40.0 Å². The Labute approximate surface area is 97.9 Å². The SMILES string of the molecule is CCC(c1c[nH]c2c(C)cccc12)C(C)C. The number of aryl methyl sites for hydroxylation is 1. The molecular weight excluding hydrogens is 194 g/mol. The van der Waals surface area contributed by atoms with Crippen molar-refractivity contribution in [1.82, 2.24) is 4.98 Å². The lowest BCUT2D eigenvalue weighted by molar-refractivity contribution is 0.488. The highest BCUT2D eigenvalue weighted by atomic mass is 14.7. The van der Waals surface area contributed by atoms with Gasteiger partial charge in [0, 0.05) is 17.1 Å². The molecule has 0 aliphatic carbocycles. The van der Waals surface area contributed by atoms with Gasteiger partial charge in [-0.05, 0) is 36.3 Å². The zero-order valence-electron chi connectivity index (χ0n) is 10.7. The molecule has 1 aromatic carbocycles. The maximum absolute atomic E-state index is 3.43. The molecule has 0 saturated carbocycles. The van der Waals surface area contributed by atoms with E-state index in [1.165, 1.54) is 28.5 Å². The molecule has 1 N–H and O–H groups in total. The normalized spacial score (nSPS) is 13.6. The zero-order chi connectivity index (χ0) is 11.7. The highest BCUT2D eigenvalue weighted by molar-refractivity contribution is 5.86. The summed E-state index contributed by atoms with van der Waals surface area (Å²) in [7, 11) is 0. The van der Waals surface area contributed by atoms with E-state index in [0.717, 1.165) is 0 Å². The van der Waals surface area contributed by atoms with Gasteiger partial charge in [-0.1, -0.05) is 39.0 Å². The first-order valence-corrected chi connectivity index (χ1v) is 6.21. The Hall–Kier alpha value is -1.24. The molecule has 1 heteroatoms. The molecule has 1 atom stereocenters. The summed E-state index contributed by atoms with van der Waals surface area (Å²) in [5.74, 6) is 1.36. The van der Waals surface area contributed by atoms with Gasteiger partial charge < -0.3 is 4.98 Å². The average Bonchev–Trinajstić information content (AvgIpc) is 2.64. The third kappa shape index (κ3) is 1.75. The van der Waals surface area contributed by atoms with Crippen LogP contribution in [-0.2, 0) is 0 Å². The Kier molecular flexibility index (Phi) is 3.04. The molecule has 2 rings (SSSR count). The number of H-pyrrole nitrogens is 1. The molecule has 1 unspecified atom stereocenters. The third-order valence-corrected chi connectivity index (χ3v) is 3.60. The molecule has 0 aliphatic rings. The van der Waals surface area contributed by atoms with Crippen molar-refractivity contribution in [3.63, 3.8) is 0 Å². The molecule has 0 radical (unpaired) electrons. The molecule has 86 valence electrons. The topological polar surface area (TPSA) is 15.8 Å². The van der Waals surface area contributed by atoms with E-state index in [1.807, 2.05) is 0 Å². The molecule has 0 saturated heterocycles. The molecular formula is C15H21N. The van der Waals surface area contributed by atoms with Crippen LogP contribution in [0.3, 0.4) is 0 Å². The van der Waals surface area contributed by atoms with Crippen molar-refractivity contribution in [3.05, 3.63) is 35.5 Å². The fraction of sp³-hybridized carbons (Fsp3) is 0.467. The second-order valence-electron chi connectivity index (χ2n) is 5.00. The summed E-state index contributed by atoms with van der Waals surface area (Å²) >= 11 is 0. The largest absolute Gasteiger partial charge is 0.361 e. The summed E-state index contributed by atoms with van der Waals surface area (Å²) in [4.78, 5) is 3.43. The van der Waals surface area contributed by atoms with Crippen LogP contribution in [0.15, 0.2) is 24.4 Å². The summed E-state index contributed by atoms with van der Waals surface area (Å²) in [5.41, 5.74) is 4.12. The first kappa shape index (κ1) is 11.3. The molecule has 1 heterocycles. The van der Waals surface area contributed by atoms with Gasteiger partial charge in [0.15, 0.2) is 0 Å². The second kappa shape index (κ2) is 4.32. The minimum atomic E-state index is 0.663. The fourth-order valence-corrected chi connectivity index (χ4v) is 2.68. The van der Waals surface area contributed by atoms with Crippen LogP contribution < -0.4 is 0 Å². The van der Waals surface area contributed by atoms with Gasteiger partial charge in [0.05, 0.1) is 0 Å². The first-order valence-electron chi connectivity index (χ1n) is 6.21. The third-order valence-electron chi connectivity index (χ3n) is 3.60. The first-order chi connectivity index (χ1) is 7.65. The van der Waals surface area contributed by atoms with Crippen LogP contribution >= 0.6 is 0 Å². The maximum Gasteiger partial charge on any atom is 0.0486 e. The lowest BCUT2D eigenvalue weighted by Gasteiger charge is -2.18. The predicted molar refractivity (Wildman–Crippen MR) is 70.9 cm³/mol. The van der Waals surface area contributed by atoms with E-state index in [4.69, 9.17) is 0 Å².